The molecule has 0 aliphatic heterocycles. The van der Waals surface area contributed by atoms with Gasteiger partial charge in [-0.1, -0.05) is 55.5 Å². The third-order valence-corrected chi connectivity index (χ3v) is 4.85. The summed E-state index contributed by atoms with van der Waals surface area (Å²) in [5.41, 5.74) is 4.24. The second-order valence-corrected chi connectivity index (χ2v) is 6.88. The van der Waals surface area contributed by atoms with Crippen LogP contribution in [0, 0.1) is 12.8 Å². The number of pyridine rings is 1. The molecule has 1 N–H and O–H groups in total. The average Bonchev–Trinajstić information content (AvgIpc) is 2.68. The Kier molecular flexibility index (Phi) is 6.07. The first-order valence-electron chi connectivity index (χ1n) is 9.38. The lowest BCUT2D eigenvalue weighted by Gasteiger charge is -2.15. The topological polar surface area (TPSA) is 59.4 Å². The minimum absolute atomic E-state index is 0.310. The molecule has 0 aliphatic carbocycles. The molecule has 0 spiro atoms. The van der Waals surface area contributed by atoms with Crippen LogP contribution in [0.3, 0.4) is 0 Å². The largest absolute Gasteiger partial charge is 0.481 e. The Hall–Kier alpha value is -2.88. The standard InChI is InChI=1S/C23H25NO3/c1-16(23(25)26)10-8-9-15-27-22-17(2)21(18-11-4-3-5-12-18)19-13-6-7-14-20(19)24-22/h3-7,11-14,16H,8-10,15H2,1-2H3,(H,25,26). The van der Waals surface area contributed by atoms with E-state index in [9.17, 15) is 4.79 Å². The van der Waals surface area contributed by atoms with Crippen LogP contribution in [0.2, 0.25) is 0 Å². The van der Waals surface area contributed by atoms with Crippen LogP contribution in [0.1, 0.15) is 31.7 Å². The van der Waals surface area contributed by atoms with E-state index >= 15 is 0 Å². The van der Waals surface area contributed by atoms with Crippen LogP contribution in [0.4, 0.5) is 0 Å². The molecule has 140 valence electrons. The summed E-state index contributed by atoms with van der Waals surface area (Å²) in [5, 5.41) is 10.1. The lowest BCUT2D eigenvalue weighted by molar-refractivity contribution is -0.141. The monoisotopic (exact) mass is 363 g/mol. The minimum Gasteiger partial charge on any atom is -0.481 e. The summed E-state index contributed by atoms with van der Waals surface area (Å²) in [7, 11) is 0. The van der Waals surface area contributed by atoms with Gasteiger partial charge in [-0.25, -0.2) is 4.98 Å². The second kappa shape index (κ2) is 8.67. The number of rotatable bonds is 8. The summed E-state index contributed by atoms with van der Waals surface area (Å²) in [5.74, 6) is -0.399. The van der Waals surface area contributed by atoms with E-state index in [1.165, 1.54) is 0 Å². The Labute approximate surface area is 159 Å². The molecule has 0 radical (unpaired) electrons. The van der Waals surface area contributed by atoms with Gasteiger partial charge in [0, 0.05) is 10.9 Å². The molecule has 2 aromatic carbocycles. The average molecular weight is 363 g/mol. The zero-order valence-corrected chi connectivity index (χ0v) is 15.8. The number of fused-ring (bicyclic) bond motifs is 1. The van der Waals surface area contributed by atoms with Crippen molar-refractivity contribution in [3.63, 3.8) is 0 Å². The van der Waals surface area contributed by atoms with E-state index in [-0.39, 0.29) is 5.92 Å². The summed E-state index contributed by atoms with van der Waals surface area (Å²) in [6.45, 7) is 4.32. The molecule has 1 aromatic heterocycles. The molecule has 1 heterocycles. The highest BCUT2D eigenvalue weighted by Crippen LogP contribution is 2.35. The number of carbonyl (C=O) groups is 1. The fourth-order valence-electron chi connectivity index (χ4n) is 3.25. The van der Waals surface area contributed by atoms with Gasteiger partial charge in [0.2, 0.25) is 5.88 Å². The van der Waals surface area contributed by atoms with Crippen molar-refractivity contribution in [3.8, 4) is 17.0 Å². The Morgan fingerprint density at radius 1 is 1.07 bits per heavy atom. The first-order valence-corrected chi connectivity index (χ1v) is 9.38. The number of hydrogen-bond acceptors (Lipinski definition) is 3. The number of benzene rings is 2. The van der Waals surface area contributed by atoms with Crippen LogP contribution >= 0.6 is 0 Å². The van der Waals surface area contributed by atoms with Crippen molar-refractivity contribution in [2.75, 3.05) is 6.61 Å². The fraction of sp³-hybridized carbons (Fsp3) is 0.304. The predicted molar refractivity (Wildman–Crippen MR) is 108 cm³/mol. The molecular formula is C23H25NO3. The first-order chi connectivity index (χ1) is 13.1. The van der Waals surface area contributed by atoms with Crippen molar-refractivity contribution in [3.05, 3.63) is 60.2 Å². The molecule has 0 fully saturated rings. The van der Waals surface area contributed by atoms with E-state index in [1.54, 1.807) is 6.92 Å². The SMILES string of the molecule is Cc1c(OCCCCC(C)C(=O)O)nc2ccccc2c1-c1ccccc1. The molecule has 0 aliphatic rings. The van der Waals surface area contributed by atoms with Gasteiger partial charge >= 0.3 is 5.97 Å². The highest BCUT2D eigenvalue weighted by molar-refractivity contribution is 5.97. The number of unbranched alkanes of at least 4 members (excludes halogenated alkanes) is 1. The Morgan fingerprint density at radius 3 is 2.52 bits per heavy atom. The van der Waals surface area contributed by atoms with Crippen molar-refractivity contribution in [2.45, 2.75) is 33.1 Å². The number of aliphatic carboxylic acids is 1. The number of carboxylic acids is 1. The van der Waals surface area contributed by atoms with Gasteiger partial charge in [0.15, 0.2) is 0 Å². The number of carboxylic acid groups (broad SMARTS) is 1. The van der Waals surface area contributed by atoms with Crippen LogP contribution in [0.15, 0.2) is 54.6 Å². The number of aromatic nitrogens is 1. The summed E-state index contributed by atoms with van der Waals surface area (Å²) < 4.78 is 5.99. The van der Waals surface area contributed by atoms with E-state index in [4.69, 9.17) is 14.8 Å². The molecule has 27 heavy (non-hydrogen) atoms. The first kappa shape index (κ1) is 18.9. The van der Waals surface area contributed by atoms with Crippen molar-refractivity contribution >= 4 is 16.9 Å². The van der Waals surface area contributed by atoms with E-state index in [0.29, 0.717) is 18.9 Å². The van der Waals surface area contributed by atoms with Crippen LogP contribution in [-0.2, 0) is 4.79 Å². The third kappa shape index (κ3) is 4.45. The normalized spacial score (nSPS) is 12.1. The van der Waals surface area contributed by atoms with Gasteiger partial charge in [0.05, 0.1) is 18.0 Å². The minimum atomic E-state index is -0.740. The highest BCUT2D eigenvalue weighted by atomic mass is 16.5. The molecule has 3 aromatic rings. The summed E-state index contributed by atoms with van der Waals surface area (Å²) in [4.78, 5) is 15.6. The molecule has 4 nitrogen and oxygen atoms in total. The van der Waals surface area contributed by atoms with Crippen LogP contribution in [-0.4, -0.2) is 22.7 Å². The van der Waals surface area contributed by atoms with Crippen molar-refractivity contribution in [2.24, 2.45) is 5.92 Å². The molecule has 0 amide bonds. The molecule has 3 rings (SSSR count). The van der Waals surface area contributed by atoms with Crippen molar-refractivity contribution in [1.82, 2.24) is 4.98 Å². The lowest BCUT2D eigenvalue weighted by Crippen LogP contribution is -2.10. The maximum absolute atomic E-state index is 10.9. The molecule has 0 bridgehead atoms. The lowest BCUT2D eigenvalue weighted by atomic mass is 9.97. The highest BCUT2D eigenvalue weighted by Gasteiger charge is 2.14. The zero-order chi connectivity index (χ0) is 19.2. The Bertz CT molecular complexity index is 922. The summed E-state index contributed by atoms with van der Waals surface area (Å²) in [6, 6.07) is 18.4. The second-order valence-electron chi connectivity index (χ2n) is 6.88. The maximum Gasteiger partial charge on any atom is 0.306 e. The molecule has 1 atom stereocenters. The van der Waals surface area contributed by atoms with Crippen LogP contribution < -0.4 is 4.74 Å². The number of hydrogen-bond donors (Lipinski definition) is 1. The molecule has 0 saturated heterocycles. The number of para-hydroxylation sites is 1. The summed E-state index contributed by atoms with van der Waals surface area (Å²) >= 11 is 0. The van der Waals surface area contributed by atoms with Crippen molar-refractivity contribution in [1.29, 1.82) is 0 Å². The van der Waals surface area contributed by atoms with Gasteiger partial charge < -0.3 is 9.84 Å². The quantitative estimate of drug-likeness (QED) is 0.538. The van der Waals surface area contributed by atoms with E-state index in [0.717, 1.165) is 40.4 Å². The Balaban J connectivity index is 1.80. The third-order valence-electron chi connectivity index (χ3n) is 4.85. The predicted octanol–water partition coefficient (Wildman–Crippen LogP) is 5.48. The van der Waals surface area contributed by atoms with Gasteiger partial charge in [-0.05, 0) is 43.4 Å². The van der Waals surface area contributed by atoms with Gasteiger partial charge in [-0.2, -0.15) is 0 Å². The summed E-state index contributed by atoms with van der Waals surface area (Å²) in [6.07, 6.45) is 2.30. The van der Waals surface area contributed by atoms with Crippen LogP contribution in [0.25, 0.3) is 22.0 Å². The number of nitrogens with zero attached hydrogens (tertiary/aromatic N) is 1. The fourth-order valence-corrected chi connectivity index (χ4v) is 3.25. The smallest absolute Gasteiger partial charge is 0.306 e. The molecule has 4 heteroatoms. The van der Waals surface area contributed by atoms with Gasteiger partial charge in [-0.3, -0.25) is 4.79 Å². The van der Waals surface area contributed by atoms with Gasteiger partial charge in [0.25, 0.3) is 0 Å². The van der Waals surface area contributed by atoms with Gasteiger partial charge in [-0.15, -0.1) is 0 Å². The zero-order valence-electron chi connectivity index (χ0n) is 15.8. The molecule has 0 saturated carbocycles. The Morgan fingerprint density at radius 2 is 1.78 bits per heavy atom. The molecule has 1 unspecified atom stereocenters. The van der Waals surface area contributed by atoms with E-state index < -0.39 is 5.97 Å². The maximum atomic E-state index is 10.9. The van der Waals surface area contributed by atoms with Crippen molar-refractivity contribution < 1.29 is 14.6 Å². The van der Waals surface area contributed by atoms with Crippen LogP contribution in [0.5, 0.6) is 5.88 Å². The molecular weight excluding hydrogens is 338 g/mol. The van der Waals surface area contributed by atoms with E-state index in [1.807, 2.05) is 43.3 Å². The van der Waals surface area contributed by atoms with E-state index in [2.05, 4.69) is 18.2 Å². The number of ether oxygens (including phenoxy) is 1. The van der Waals surface area contributed by atoms with Gasteiger partial charge in [0.1, 0.15) is 0 Å².